The smallest absolute Gasteiger partial charge is 0.325 e. The van der Waals surface area contributed by atoms with Crippen LogP contribution in [0.5, 0.6) is 11.5 Å². The largest absolute Gasteiger partial charge is 0.454 e. The lowest BCUT2D eigenvalue weighted by Crippen LogP contribution is -2.44. The zero-order valence-corrected chi connectivity index (χ0v) is 18.1. The molecule has 3 amide bonds. The van der Waals surface area contributed by atoms with Gasteiger partial charge in [-0.15, -0.1) is 0 Å². The molecule has 0 aromatic heterocycles. The van der Waals surface area contributed by atoms with E-state index in [1.54, 1.807) is 0 Å². The number of urea groups is 1. The van der Waals surface area contributed by atoms with Gasteiger partial charge in [0.1, 0.15) is 0 Å². The van der Waals surface area contributed by atoms with E-state index >= 15 is 0 Å². The first kappa shape index (κ1) is 21.2. The first-order valence-electron chi connectivity index (χ1n) is 10.8. The lowest BCUT2D eigenvalue weighted by atomic mass is 10.1. The normalized spacial score (nSPS) is 15.3. The summed E-state index contributed by atoms with van der Waals surface area (Å²) in [6.07, 6.45) is 4.45. The lowest BCUT2D eigenvalue weighted by molar-refractivity contribution is -0.121. The predicted molar refractivity (Wildman–Crippen MR) is 118 cm³/mol. The van der Waals surface area contributed by atoms with Gasteiger partial charge >= 0.3 is 6.03 Å². The fraction of sp³-hybridized carbons (Fsp3) is 0.417. The first-order chi connectivity index (χ1) is 15.0. The van der Waals surface area contributed by atoms with E-state index in [0.717, 1.165) is 53.9 Å². The van der Waals surface area contributed by atoms with E-state index in [9.17, 15) is 9.59 Å². The van der Waals surface area contributed by atoms with Crippen molar-refractivity contribution in [3.63, 3.8) is 0 Å². The number of anilines is 1. The summed E-state index contributed by atoms with van der Waals surface area (Å²) in [6.45, 7) is 4.95. The zero-order valence-electron chi connectivity index (χ0n) is 18.1. The van der Waals surface area contributed by atoms with Crippen molar-refractivity contribution in [3.05, 3.63) is 53.1 Å². The van der Waals surface area contributed by atoms with Crippen LogP contribution >= 0.6 is 0 Å². The van der Waals surface area contributed by atoms with Crippen LogP contribution in [0.4, 0.5) is 10.5 Å². The number of nitrogens with one attached hydrogen (secondary N) is 2. The molecule has 4 rings (SSSR count). The summed E-state index contributed by atoms with van der Waals surface area (Å²) in [5, 5.41) is 5.25. The Morgan fingerprint density at radius 3 is 2.58 bits per heavy atom. The number of rotatable bonds is 6. The van der Waals surface area contributed by atoms with Crippen LogP contribution in [0, 0.1) is 13.8 Å². The fourth-order valence-corrected chi connectivity index (χ4v) is 4.32. The lowest BCUT2D eigenvalue weighted by Gasteiger charge is -2.28. The van der Waals surface area contributed by atoms with Crippen molar-refractivity contribution < 1.29 is 19.1 Å². The molecule has 1 aliphatic carbocycles. The Bertz CT molecular complexity index is 969. The third-order valence-corrected chi connectivity index (χ3v) is 5.89. The quantitative estimate of drug-likeness (QED) is 0.730. The van der Waals surface area contributed by atoms with Crippen LogP contribution in [-0.4, -0.2) is 36.2 Å². The molecule has 0 atom stereocenters. The maximum atomic E-state index is 12.7. The number of nitrogens with zero attached hydrogens (tertiary/aromatic N) is 1. The molecule has 0 bridgehead atoms. The minimum atomic E-state index is -0.508. The molecule has 0 unspecified atom stereocenters. The van der Waals surface area contributed by atoms with E-state index in [1.165, 1.54) is 0 Å². The summed E-state index contributed by atoms with van der Waals surface area (Å²) in [5.74, 6) is 1.17. The second-order valence-corrected chi connectivity index (χ2v) is 8.35. The topological polar surface area (TPSA) is 79.9 Å². The number of hydrogen-bond donors (Lipinski definition) is 2. The summed E-state index contributed by atoms with van der Waals surface area (Å²) in [7, 11) is 0. The molecular weight excluding hydrogens is 394 g/mol. The van der Waals surface area contributed by atoms with Crippen LogP contribution in [0.25, 0.3) is 0 Å². The summed E-state index contributed by atoms with van der Waals surface area (Å²) in [5.41, 5.74) is 3.83. The van der Waals surface area contributed by atoms with Crippen molar-refractivity contribution >= 4 is 17.6 Å². The van der Waals surface area contributed by atoms with Crippen molar-refractivity contribution in [1.82, 2.24) is 10.2 Å². The molecule has 2 aromatic rings. The monoisotopic (exact) mass is 423 g/mol. The van der Waals surface area contributed by atoms with Crippen molar-refractivity contribution in [1.29, 1.82) is 0 Å². The first-order valence-corrected chi connectivity index (χ1v) is 10.8. The number of benzene rings is 2. The van der Waals surface area contributed by atoms with Gasteiger partial charge in [-0.25, -0.2) is 4.79 Å². The minimum absolute atomic E-state index is 0.166. The molecule has 2 aromatic carbocycles. The Balaban J connectivity index is 1.38. The summed E-state index contributed by atoms with van der Waals surface area (Å²) < 4.78 is 10.9. The fourth-order valence-electron chi connectivity index (χ4n) is 4.32. The molecule has 31 heavy (non-hydrogen) atoms. The van der Waals surface area contributed by atoms with Crippen LogP contribution in [0.3, 0.4) is 0 Å². The van der Waals surface area contributed by atoms with Gasteiger partial charge in [-0.1, -0.05) is 36.6 Å². The van der Waals surface area contributed by atoms with Gasteiger partial charge in [-0.3, -0.25) is 15.0 Å². The van der Waals surface area contributed by atoms with Gasteiger partial charge in [-0.05, 0) is 56.0 Å². The highest BCUT2D eigenvalue weighted by atomic mass is 16.7. The Kier molecular flexibility index (Phi) is 6.42. The number of hydrogen-bond acceptors (Lipinski definition) is 5. The van der Waals surface area contributed by atoms with Gasteiger partial charge in [0, 0.05) is 18.3 Å². The molecular formula is C24H29N3O4. The molecule has 1 aliphatic heterocycles. The van der Waals surface area contributed by atoms with Crippen LogP contribution in [0.2, 0.25) is 0 Å². The van der Waals surface area contributed by atoms with Gasteiger partial charge in [0.25, 0.3) is 0 Å². The van der Waals surface area contributed by atoms with Crippen molar-refractivity contribution in [3.8, 4) is 11.5 Å². The molecule has 1 saturated carbocycles. The van der Waals surface area contributed by atoms with Gasteiger partial charge < -0.3 is 14.8 Å². The number of carbonyl (C=O) groups is 2. The average molecular weight is 424 g/mol. The second-order valence-electron chi connectivity index (χ2n) is 8.35. The Hall–Kier alpha value is -3.06. The van der Waals surface area contributed by atoms with E-state index in [1.807, 2.05) is 50.2 Å². The van der Waals surface area contributed by atoms with Gasteiger partial charge in [-0.2, -0.15) is 0 Å². The average Bonchev–Trinajstić information content (AvgIpc) is 3.41. The number of carbonyl (C=O) groups excluding carboxylic acids is 2. The van der Waals surface area contributed by atoms with E-state index in [2.05, 4.69) is 15.5 Å². The Morgan fingerprint density at radius 2 is 1.81 bits per heavy atom. The molecule has 7 nitrogen and oxygen atoms in total. The van der Waals surface area contributed by atoms with Crippen LogP contribution in [-0.2, 0) is 11.3 Å². The van der Waals surface area contributed by atoms with Gasteiger partial charge in [0.2, 0.25) is 12.7 Å². The predicted octanol–water partition coefficient (Wildman–Crippen LogP) is 4.13. The van der Waals surface area contributed by atoms with Crippen molar-refractivity contribution in [2.24, 2.45) is 0 Å². The van der Waals surface area contributed by atoms with E-state index in [4.69, 9.17) is 9.47 Å². The third-order valence-electron chi connectivity index (χ3n) is 5.89. The maximum Gasteiger partial charge on any atom is 0.325 e. The molecule has 164 valence electrons. The SMILES string of the molecule is Cc1ccc(NC(=O)NC(=O)CN(Cc2ccc3c(c2)OCO3)C2CCCC2)c(C)c1. The molecule has 2 aliphatic rings. The van der Waals surface area contributed by atoms with Crippen molar-refractivity contribution in [2.75, 3.05) is 18.7 Å². The van der Waals surface area contributed by atoms with E-state index in [0.29, 0.717) is 18.3 Å². The van der Waals surface area contributed by atoms with Crippen LogP contribution in [0.15, 0.2) is 36.4 Å². The van der Waals surface area contributed by atoms with E-state index < -0.39 is 6.03 Å². The third kappa shape index (κ3) is 5.35. The molecule has 1 fully saturated rings. The summed E-state index contributed by atoms with van der Waals surface area (Å²) >= 11 is 0. The number of imide groups is 1. The molecule has 1 heterocycles. The summed E-state index contributed by atoms with van der Waals surface area (Å²) in [4.78, 5) is 27.2. The number of amides is 3. The van der Waals surface area contributed by atoms with Crippen LogP contribution < -0.4 is 20.1 Å². The molecule has 7 heteroatoms. The standard InChI is InChI=1S/C24H29N3O4/c1-16-7-9-20(17(2)11-16)25-24(29)26-23(28)14-27(19-5-3-4-6-19)13-18-8-10-21-22(12-18)31-15-30-21/h7-12,19H,3-6,13-15H2,1-2H3,(H2,25,26,28,29). The summed E-state index contributed by atoms with van der Waals surface area (Å²) in [6, 6.07) is 11.5. The van der Waals surface area contributed by atoms with Gasteiger partial charge in [0.15, 0.2) is 11.5 Å². The van der Waals surface area contributed by atoms with Gasteiger partial charge in [0.05, 0.1) is 6.54 Å². The molecule has 0 spiro atoms. The minimum Gasteiger partial charge on any atom is -0.454 e. The van der Waals surface area contributed by atoms with Crippen molar-refractivity contribution in [2.45, 2.75) is 52.1 Å². The van der Waals surface area contributed by atoms with Crippen LogP contribution in [0.1, 0.15) is 42.4 Å². The number of fused-ring (bicyclic) bond motifs is 1. The Labute approximate surface area is 182 Å². The highest BCUT2D eigenvalue weighted by molar-refractivity contribution is 6.02. The highest BCUT2D eigenvalue weighted by Gasteiger charge is 2.26. The number of ether oxygens (including phenoxy) is 2. The number of aryl methyl sites for hydroxylation is 2. The molecule has 0 saturated heterocycles. The van der Waals surface area contributed by atoms with E-state index in [-0.39, 0.29) is 19.2 Å². The molecule has 0 radical (unpaired) electrons. The maximum absolute atomic E-state index is 12.7. The zero-order chi connectivity index (χ0) is 21.8. The Morgan fingerprint density at radius 1 is 1.03 bits per heavy atom. The molecule has 2 N–H and O–H groups in total. The highest BCUT2D eigenvalue weighted by Crippen LogP contribution is 2.33. The second kappa shape index (κ2) is 9.39.